The van der Waals surface area contributed by atoms with E-state index in [9.17, 15) is 9.90 Å². The Morgan fingerprint density at radius 2 is 1.68 bits per heavy atom. The number of rotatable bonds is 3. The highest BCUT2D eigenvalue weighted by Crippen LogP contribution is 2.32. The molecule has 0 amide bonds. The number of aromatic nitrogens is 2. The van der Waals surface area contributed by atoms with Crippen LogP contribution in [0.15, 0.2) is 63.6 Å². The van der Waals surface area contributed by atoms with Gasteiger partial charge >= 0.3 is 0 Å². The van der Waals surface area contributed by atoms with Crippen LogP contribution in [-0.4, -0.2) is 15.3 Å². The predicted octanol–water partition coefficient (Wildman–Crippen LogP) is 3.80. The molecule has 0 bridgehead atoms. The van der Waals surface area contributed by atoms with Crippen molar-refractivity contribution in [2.45, 2.75) is 6.92 Å². The number of nitrogens with one attached hydrogen (secondary N) is 2. The molecule has 0 saturated carbocycles. The lowest BCUT2D eigenvalue weighted by Crippen LogP contribution is -1.96. The van der Waals surface area contributed by atoms with Gasteiger partial charge in [0.05, 0.1) is 11.4 Å². The van der Waals surface area contributed by atoms with Crippen molar-refractivity contribution in [3.05, 3.63) is 64.4 Å². The summed E-state index contributed by atoms with van der Waals surface area (Å²) in [5, 5.41) is 23.3. The molecule has 3 rings (SSSR count). The van der Waals surface area contributed by atoms with Crippen molar-refractivity contribution in [2.24, 2.45) is 10.2 Å². The molecular formula is C16H14N4O2. The van der Waals surface area contributed by atoms with Crippen molar-refractivity contribution in [3.8, 4) is 17.0 Å². The van der Waals surface area contributed by atoms with Crippen LogP contribution in [-0.2, 0) is 0 Å². The van der Waals surface area contributed by atoms with Crippen molar-refractivity contribution >= 4 is 11.4 Å². The quantitative estimate of drug-likeness (QED) is 0.641. The topological polar surface area (TPSA) is 93.6 Å². The Labute approximate surface area is 126 Å². The number of benzene rings is 2. The molecule has 6 nitrogen and oxygen atoms in total. The molecule has 1 heterocycles. The first-order chi connectivity index (χ1) is 10.7. The molecule has 110 valence electrons. The second kappa shape index (κ2) is 5.69. The van der Waals surface area contributed by atoms with Gasteiger partial charge in [0.1, 0.15) is 5.75 Å². The molecule has 1 aromatic heterocycles. The maximum absolute atomic E-state index is 11.9. The summed E-state index contributed by atoms with van der Waals surface area (Å²) in [6.07, 6.45) is 0. The van der Waals surface area contributed by atoms with E-state index in [0.29, 0.717) is 16.9 Å². The van der Waals surface area contributed by atoms with Gasteiger partial charge in [0.2, 0.25) is 0 Å². The van der Waals surface area contributed by atoms with E-state index in [1.807, 2.05) is 31.2 Å². The molecule has 0 saturated heterocycles. The highest BCUT2D eigenvalue weighted by Gasteiger charge is 2.14. The summed E-state index contributed by atoms with van der Waals surface area (Å²) >= 11 is 0. The van der Waals surface area contributed by atoms with E-state index < -0.39 is 5.56 Å². The smallest absolute Gasteiger partial charge is 0.292 e. The fourth-order valence-electron chi connectivity index (χ4n) is 2.11. The third-order valence-electron chi connectivity index (χ3n) is 3.30. The predicted molar refractivity (Wildman–Crippen MR) is 83.9 cm³/mol. The fourth-order valence-corrected chi connectivity index (χ4v) is 2.11. The Balaban J connectivity index is 2.06. The van der Waals surface area contributed by atoms with Gasteiger partial charge in [-0.2, -0.15) is 5.11 Å². The average molecular weight is 294 g/mol. The molecule has 3 N–H and O–H groups in total. The normalized spacial score (nSPS) is 11.1. The standard InChI is InChI=1S/C16H14N4O2/c1-10-6-2-4-8-12(10)17-19-15-14(18-20-16(15)22)11-7-3-5-9-13(11)21/h2-9,21H,1H3,(H2,18,20,22). The maximum atomic E-state index is 11.9. The lowest BCUT2D eigenvalue weighted by Gasteiger charge is -2.02. The average Bonchev–Trinajstić information content (AvgIpc) is 2.88. The van der Waals surface area contributed by atoms with Crippen LogP contribution in [0.4, 0.5) is 11.4 Å². The lowest BCUT2D eigenvalue weighted by atomic mass is 10.1. The zero-order valence-corrected chi connectivity index (χ0v) is 11.9. The summed E-state index contributed by atoms with van der Waals surface area (Å²) in [6, 6.07) is 14.2. The largest absolute Gasteiger partial charge is 0.507 e. The number of phenolic OH excluding ortho intramolecular Hbond substituents is 1. The van der Waals surface area contributed by atoms with Gasteiger partial charge in [-0.1, -0.05) is 30.3 Å². The molecule has 0 aliphatic heterocycles. The van der Waals surface area contributed by atoms with Crippen molar-refractivity contribution in [1.29, 1.82) is 0 Å². The van der Waals surface area contributed by atoms with Crippen LogP contribution in [0.1, 0.15) is 5.56 Å². The van der Waals surface area contributed by atoms with E-state index in [2.05, 4.69) is 20.4 Å². The number of aromatic hydroxyl groups is 1. The Morgan fingerprint density at radius 3 is 2.45 bits per heavy atom. The van der Waals surface area contributed by atoms with Gasteiger partial charge < -0.3 is 5.11 Å². The van der Waals surface area contributed by atoms with Crippen molar-refractivity contribution in [1.82, 2.24) is 10.2 Å². The number of nitrogens with zero attached hydrogens (tertiary/aromatic N) is 2. The van der Waals surface area contributed by atoms with Crippen LogP contribution in [0, 0.1) is 6.92 Å². The zero-order chi connectivity index (χ0) is 15.5. The first-order valence-electron chi connectivity index (χ1n) is 6.73. The lowest BCUT2D eigenvalue weighted by molar-refractivity contribution is 0.477. The summed E-state index contributed by atoms with van der Waals surface area (Å²) in [5.74, 6) is 0.0603. The number of phenols is 1. The second-order valence-electron chi connectivity index (χ2n) is 4.81. The Hall–Kier alpha value is -3.15. The number of azo groups is 1. The molecule has 0 aliphatic rings. The summed E-state index contributed by atoms with van der Waals surface area (Å²) in [4.78, 5) is 11.9. The van der Waals surface area contributed by atoms with Crippen LogP contribution in [0.2, 0.25) is 0 Å². The number of hydrogen-bond donors (Lipinski definition) is 3. The van der Waals surface area contributed by atoms with E-state index >= 15 is 0 Å². The number of hydrogen-bond acceptors (Lipinski definition) is 4. The summed E-state index contributed by atoms with van der Waals surface area (Å²) in [6.45, 7) is 1.92. The van der Waals surface area contributed by atoms with Crippen molar-refractivity contribution < 1.29 is 5.11 Å². The highest BCUT2D eigenvalue weighted by molar-refractivity contribution is 5.75. The van der Waals surface area contributed by atoms with Crippen LogP contribution >= 0.6 is 0 Å². The summed E-state index contributed by atoms with van der Waals surface area (Å²) in [7, 11) is 0. The first-order valence-corrected chi connectivity index (χ1v) is 6.73. The Kier molecular flexibility index (Phi) is 3.57. The van der Waals surface area contributed by atoms with Gasteiger partial charge in [0.25, 0.3) is 5.56 Å². The number of para-hydroxylation sites is 1. The van der Waals surface area contributed by atoms with Gasteiger partial charge in [-0.05, 0) is 30.7 Å². The molecule has 0 spiro atoms. The Morgan fingerprint density at radius 1 is 0.955 bits per heavy atom. The third kappa shape index (κ3) is 2.54. The Bertz CT molecular complexity index is 893. The molecule has 2 aromatic carbocycles. The van der Waals surface area contributed by atoms with Gasteiger partial charge in [-0.15, -0.1) is 5.11 Å². The molecular weight excluding hydrogens is 280 g/mol. The van der Waals surface area contributed by atoms with Crippen molar-refractivity contribution in [2.75, 3.05) is 0 Å². The minimum atomic E-state index is -0.393. The molecule has 6 heteroatoms. The van der Waals surface area contributed by atoms with E-state index in [4.69, 9.17) is 0 Å². The fraction of sp³-hybridized carbons (Fsp3) is 0.0625. The van der Waals surface area contributed by atoms with Crippen molar-refractivity contribution in [3.63, 3.8) is 0 Å². The van der Waals surface area contributed by atoms with Crippen LogP contribution in [0.5, 0.6) is 5.75 Å². The highest BCUT2D eigenvalue weighted by atomic mass is 16.3. The number of H-pyrrole nitrogens is 2. The molecule has 0 radical (unpaired) electrons. The molecule has 3 aromatic rings. The minimum Gasteiger partial charge on any atom is -0.507 e. The zero-order valence-electron chi connectivity index (χ0n) is 11.9. The molecule has 22 heavy (non-hydrogen) atoms. The van der Waals surface area contributed by atoms with E-state index in [1.54, 1.807) is 24.3 Å². The number of aryl methyl sites for hydroxylation is 1. The van der Waals surface area contributed by atoms with Gasteiger partial charge in [0, 0.05) is 5.56 Å². The van der Waals surface area contributed by atoms with E-state index in [1.165, 1.54) is 0 Å². The third-order valence-corrected chi connectivity index (χ3v) is 3.30. The van der Waals surface area contributed by atoms with Gasteiger partial charge in [-0.25, -0.2) is 0 Å². The minimum absolute atomic E-state index is 0.0603. The van der Waals surface area contributed by atoms with Gasteiger partial charge in [0.15, 0.2) is 5.69 Å². The SMILES string of the molecule is Cc1ccccc1N=Nc1c(-c2ccccc2O)[nH][nH]c1=O. The summed E-state index contributed by atoms with van der Waals surface area (Å²) < 4.78 is 0. The van der Waals surface area contributed by atoms with E-state index in [0.717, 1.165) is 5.56 Å². The maximum Gasteiger partial charge on any atom is 0.292 e. The molecule has 0 aliphatic carbocycles. The van der Waals surface area contributed by atoms with Crippen LogP contribution in [0.25, 0.3) is 11.3 Å². The first kappa shape index (κ1) is 13.8. The number of aromatic amines is 2. The van der Waals surface area contributed by atoms with Crippen LogP contribution in [0.3, 0.4) is 0 Å². The second-order valence-corrected chi connectivity index (χ2v) is 4.81. The van der Waals surface area contributed by atoms with Gasteiger partial charge in [-0.3, -0.25) is 15.0 Å². The monoisotopic (exact) mass is 294 g/mol. The molecule has 0 atom stereocenters. The summed E-state index contributed by atoms with van der Waals surface area (Å²) in [5.41, 5.74) is 2.27. The molecule has 0 unspecified atom stereocenters. The van der Waals surface area contributed by atoms with E-state index in [-0.39, 0.29) is 11.4 Å². The van der Waals surface area contributed by atoms with Crippen LogP contribution < -0.4 is 5.56 Å². The molecule has 0 fully saturated rings.